The zero-order valence-corrected chi connectivity index (χ0v) is 18.5. The highest BCUT2D eigenvalue weighted by Crippen LogP contribution is 2.65. The van der Waals surface area contributed by atoms with Gasteiger partial charge in [-0.3, -0.25) is 9.59 Å². The van der Waals surface area contributed by atoms with Crippen molar-refractivity contribution < 1.29 is 27.5 Å². The number of rotatable bonds is 7. The zero-order valence-electron chi connectivity index (χ0n) is 16.9. The molecule has 1 saturated carbocycles. The summed E-state index contributed by atoms with van der Waals surface area (Å²) in [4.78, 5) is 26.1. The predicted octanol–water partition coefficient (Wildman–Crippen LogP) is 3.70. The second-order valence-corrected chi connectivity index (χ2v) is 9.62. The molecule has 30 heavy (non-hydrogen) atoms. The lowest BCUT2D eigenvalue weighted by Gasteiger charge is -2.15. The molecule has 160 valence electrons. The molecule has 0 N–H and O–H groups in total. The number of aryl methyl sites for hydroxylation is 1. The van der Waals surface area contributed by atoms with Crippen molar-refractivity contribution in [1.29, 1.82) is 0 Å². The maximum atomic E-state index is 13.5. The predicted molar refractivity (Wildman–Crippen MR) is 112 cm³/mol. The van der Waals surface area contributed by atoms with Gasteiger partial charge < -0.3 is 9.47 Å². The van der Waals surface area contributed by atoms with Gasteiger partial charge in [0.15, 0.2) is 15.3 Å². The highest BCUT2D eigenvalue weighted by Gasteiger charge is 2.81. The van der Waals surface area contributed by atoms with Crippen LogP contribution in [0.5, 0.6) is 0 Å². The third kappa shape index (κ3) is 3.61. The summed E-state index contributed by atoms with van der Waals surface area (Å²) in [6, 6.07) is 12.7. The molecule has 1 fully saturated rings. The topological polar surface area (TPSA) is 86.7 Å². The van der Waals surface area contributed by atoms with Gasteiger partial charge in [0.2, 0.25) is 0 Å². The Kier molecular flexibility index (Phi) is 6.24. The van der Waals surface area contributed by atoms with Crippen LogP contribution in [0.2, 0.25) is 5.02 Å². The number of benzene rings is 2. The highest BCUT2D eigenvalue weighted by molar-refractivity contribution is 7.92. The van der Waals surface area contributed by atoms with E-state index in [0.717, 1.165) is 5.56 Å². The van der Waals surface area contributed by atoms with Crippen LogP contribution in [0, 0.1) is 12.3 Å². The summed E-state index contributed by atoms with van der Waals surface area (Å²) in [5.74, 6) is -2.74. The smallest absolute Gasteiger partial charge is 0.325 e. The molecule has 2 atom stereocenters. The van der Waals surface area contributed by atoms with Crippen molar-refractivity contribution in [1.82, 2.24) is 0 Å². The van der Waals surface area contributed by atoms with E-state index in [2.05, 4.69) is 0 Å². The van der Waals surface area contributed by atoms with E-state index in [1.807, 2.05) is 6.92 Å². The van der Waals surface area contributed by atoms with E-state index in [0.29, 0.717) is 10.6 Å². The summed E-state index contributed by atoms with van der Waals surface area (Å²) >= 11 is 5.97. The fourth-order valence-electron chi connectivity index (χ4n) is 3.83. The first-order valence-corrected chi connectivity index (χ1v) is 11.5. The minimum atomic E-state index is -4.06. The number of carbonyl (C=O) groups excluding carboxylic acids is 2. The Morgan fingerprint density at radius 3 is 1.90 bits per heavy atom. The lowest BCUT2D eigenvalue weighted by atomic mass is 9.99. The van der Waals surface area contributed by atoms with Crippen LogP contribution in [0.15, 0.2) is 53.4 Å². The van der Waals surface area contributed by atoms with E-state index in [9.17, 15) is 18.0 Å². The van der Waals surface area contributed by atoms with E-state index >= 15 is 0 Å². The van der Waals surface area contributed by atoms with Gasteiger partial charge in [-0.15, -0.1) is 0 Å². The molecule has 6 nitrogen and oxygen atoms in total. The van der Waals surface area contributed by atoms with Crippen molar-refractivity contribution in [3.8, 4) is 0 Å². The summed E-state index contributed by atoms with van der Waals surface area (Å²) in [5.41, 5.74) is -0.578. The third-order valence-electron chi connectivity index (χ3n) is 5.27. The summed E-state index contributed by atoms with van der Waals surface area (Å²) in [6.07, 6.45) is 0. The van der Waals surface area contributed by atoms with Gasteiger partial charge in [0.05, 0.1) is 18.1 Å². The Balaban J connectivity index is 2.19. The van der Waals surface area contributed by atoms with Crippen LogP contribution in [0.3, 0.4) is 0 Å². The molecule has 2 aromatic rings. The Bertz CT molecular complexity index is 1030. The van der Waals surface area contributed by atoms with Gasteiger partial charge >= 0.3 is 11.9 Å². The minimum Gasteiger partial charge on any atom is -0.465 e. The van der Waals surface area contributed by atoms with Crippen LogP contribution in [0.25, 0.3) is 0 Å². The van der Waals surface area contributed by atoms with E-state index in [1.54, 1.807) is 50.2 Å². The van der Waals surface area contributed by atoms with Gasteiger partial charge in [0.25, 0.3) is 0 Å². The van der Waals surface area contributed by atoms with Crippen molar-refractivity contribution in [3.63, 3.8) is 0 Å². The van der Waals surface area contributed by atoms with Crippen LogP contribution in [0.4, 0.5) is 0 Å². The molecule has 2 aromatic carbocycles. The normalized spacial score (nSPS) is 19.7. The summed E-state index contributed by atoms with van der Waals surface area (Å²) in [7, 11) is -4.06. The lowest BCUT2D eigenvalue weighted by molar-refractivity contribution is -0.164. The quantitative estimate of drug-likeness (QED) is 0.472. The fourth-order valence-corrected chi connectivity index (χ4v) is 6.25. The fraction of sp³-hybridized carbons (Fsp3) is 0.364. The van der Waals surface area contributed by atoms with Crippen molar-refractivity contribution in [2.45, 2.75) is 36.8 Å². The number of halogens is 1. The van der Waals surface area contributed by atoms with Crippen LogP contribution >= 0.6 is 11.6 Å². The van der Waals surface area contributed by atoms with Gasteiger partial charge in [0, 0.05) is 10.9 Å². The molecule has 1 aliphatic rings. The number of hydrogen-bond donors (Lipinski definition) is 0. The third-order valence-corrected chi connectivity index (χ3v) is 7.77. The first-order valence-electron chi connectivity index (χ1n) is 9.61. The second-order valence-electron chi connectivity index (χ2n) is 7.12. The highest BCUT2D eigenvalue weighted by atomic mass is 35.5. The van der Waals surface area contributed by atoms with Crippen LogP contribution in [-0.4, -0.2) is 38.8 Å². The molecule has 3 rings (SSSR count). The maximum absolute atomic E-state index is 13.5. The molecule has 0 saturated heterocycles. The van der Waals surface area contributed by atoms with Crippen molar-refractivity contribution in [2.24, 2.45) is 5.41 Å². The average Bonchev–Trinajstić information content (AvgIpc) is 3.42. The molecule has 0 bridgehead atoms. The minimum absolute atomic E-state index is 0.00459. The largest absolute Gasteiger partial charge is 0.465 e. The first kappa shape index (κ1) is 22.3. The molecule has 0 aliphatic heterocycles. The molecule has 8 heteroatoms. The van der Waals surface area contributed by atoms with Gasteiger partial charge in [-0.25, -0.2) is 8.42 Å². The lowest BCUT2D eigenvalue weighted by Crippen LogP contribution is -2.35. The number of esters is 2. The van der Waals surface area contributed by atoms with Gasteiger partial charge in [-0.05, 0) is 50.6 Å². The molecule has 0 heterocycles. The van der Waals surface area contributed by atoms with Gasteiger partial charge in [0.1, 0.15) is 5.25 Å². The first-order chi connectivity index (χ1) is 14.2. The van der Waals surface area contributed by atoms with Crippen LogP contribution in [-0.2, 0) is 28.9 Å². The maximum Gasteiger partial charge on any atom is 0.325 e. The monoisotopic (exact) mass is 450 g/mol. The van der Waals surface area contributed by atoms with E-state index in [4.69, 9.17) is 21.1 Å². The van der Waals surface area contributed by atoms with Gasteiger partial charge in [-0.2, -0.15) is 0 Å². The summed E-state index contributed by atoms with van der Waals surface area (Å²) in [6.45, 7) is 5.04. The molecular weight excluding hydrogens is 428 g/mol. The standard InChI is InChI=1S/C22H23ClO6S/c1-4-28-20(24)22(21(25)29-5-2)18(15-8-10-16(23)11-9-15)19(22)30(26,27)17-12-6-14(3)7-13-17/h6-13,18-19H,4-5H2,1-3H3/t18-,19+/m1/s1. The SMILES string of the molecule is CCOC(=O)C1(C(=O)OCC)[C@H](c2ccc(Cl)cc2)[C@@H]1S(=O)(=O)c1ccc(C)cc1. The Morgan fingerprint density at radius 2 is 1.43 bits per heavy atom. The van der Waals surface area contributed by atoms with Crippen molar-refractivity contribution in [3.05, 3.63) is 64.7 Å². The average molecular weight is 451 g/mol. The number of sulfone groups is 1. The molecule has 0 unspecified atom stereocenters. The Labute approximate surface area is 181 Å². The summed E-state index contributed by atoms with van der Waals surface area (Å²) < 4.78 is 37.4. The molecule has 0 aromatic heterocycles. The molecule has 0 radical (unpaired) electrons. The van der Waals surface area contributed by atoms with Crippen LogP contribution in [0.1, 0.15) is 30.9 Å². The van der Waals surface area contributed by atoms with E-state index in [1.165, 1.54) is 12.1 Å². The zero-order chi connectivity index (χ0) is 22.1. The van der Waals surface area contributed by atoms with Crippen molar-refractivity contribution >= 4 is 33.4 Å². The number of ether oxygens (including phenoxy) is 2. The van der Waals surface area contributed by atoms with E-state index < -0.39 is 38.4 Å². The molecule has 0 amide bonds. The van der Waals surface area contributed by atoms with Gasteiger partial charge in [-0.1, -0.05) is 41.4 Å². The Morgan fingerprint density at radius 1 is 0.933 bits per heavy atom. The van der Waals surface area contributed by atoms with Crippen molar-refractivity contribution in [2.75, 3.05) is 13.2 Å². The molecule has 0 spiro atoms. The summed E-state index contributed by atoms with van der Waals surface area (Å²) in [5, 5.41) is -0.887. The van der Waals surface area contributed by atoms with E-state index in [-0.39, 0.29) is 18.1 Å². The van der Waals surface area contributed by atoms with Crippen LogP contribution < -0.4 is 0 Å². The second kappa shape index (κ2) is 8.40. The molecular formula is C22H23ClO6S. The Hall–Kier alpha value is -2.38. The number of hydrogen-bond acceptors (Lipinski definition) is 6. The number of carbonyl (C=O) groups is 2. The molecule has 1 aliphatic carbocycles.